The number of hydrogen-bond donors (Lipinski definition) is 2. The lowest BCUT2D eigenvalue weighted by Gasteiger charge is -2.11. The zero-order valence-electron chi connectivity index (χ0n) is 13.5. The molecule has 0 atom stereocenters. The van der Waals surface area contributed by atoms with Crippen LogP contribution in [0.25, 0.3) is 0 Å². The summed E-state index contributed by atoms with van der Waals surface area (Å²) in [4.78, 5) is 4.17. The molecule has 0 radical (unpaired) electrons. The minimum atomic E-state index is 0. The fourth-order valence-corrected chi connectivity index (χ4v) is 1.85. The van der Waals surface area contributed by atoms with Crippen LogP contribution in [0.5, 0.6) is 11.5 Å². The van der Waals surface area contributed by atoms with Crippen molar-refractivity contribution in [1.82, 2.24) is 5.32 Å². The summed E-state index contributed by atoms with van der Waals surface area (Å²) >= 11 is 0. The van der Waals surface area contributed by atoms with Crippen molar-refractivity contribution in [2.24, 2.45) is 10.7 Å². The number of nitrogens with two attached hydrogens (primary N) is 1. The van der Waals surface area contributed by atoms with E-state index in [2.05, 4.69) is 16.9 Å². The Bertz CT molecular complexity index is 504. The average Bonchev–Trinajstić information content (AvgIpc) is 2.49. The Morgan fingerprint density at radius 1 is 1.32 bits per heavy atom. The van der Waals surface area contributed by atoms with Gasteiger partial charge in [0.1, 0.15) is 11.5 Å². The van der Waals surface area contributed by atoms with Crippen molar-refractivity contribution < 1.29 is 9.47 Å². The van der Waals surface area contributed by atoms with Gasteiger partial charge in [-0.2, -0.15) is 0 Å². The highest BCUT2D eigenvalue weighted by atomic mass is 127. The first kappa shape index (κ1) is 20.6. The maximum absolute atomic E-state index is 5.76. The smallest absolute Gasteiger partial charge is 0.188 e. The second kappa shape index (κ2) is 11.2. The van der Waals surface area contributed by atoms with Crippen molar-refractivity contribution in [3.05, 3.63) is 35.9 Å². The molecular formula is C16H26IN3O2. The number of halogens is 1. The van der Waals surface area contributed by atoms with Crippen molar-refractivity contribution in [1.29, 1.82) is 0 Å². The molecule has 0 spiro atoms. The van der Waals surface area contributed by atoms with E-state index in [0.29, 0.717) is 12.5 Å². The predicted molar refractivity (Wildman–Crippen MR) is 103 cm³/mol. The van der Waals surface area contributed by atoms with Gasteiger partial charge in [-0.3, -0.25) is 0 Å². The number of aryl methyl sites for hydroxylation is 1. The van der Waals surface area contributed by atoms with E-state index in [0.717, 1.165) is 42.0 Å². The number of ether oxygens (including phenoxy) is 2. The molecule has 1 aromatic carbocycles. The van der Waals surface area contributed by atoms with Gasteiger partial charge in [0.2, 0.25) is 0 Å². The van der Waals surface area contributed by atoms with Crippen molar-refractivity contribution in [2.45, 2.75) is 19.8 Å². The third-order valence-corrected chi connectivity index (χ3v) is 2.94. The van der Waals surface area contributed by atoms with E-state index in [4.69, 9.17) is 15.2 Å². The van der Waals surface area contributed by atoms with Crippen LogP contribution in [0.15, 0.2) is 35.3 Å². The average molecular weight is 419 g/mol. The molecule has 0 fully saturated rings. The standard InChI is InChI=1S/C16H25N3O2.HI/c1-12(2)11-19-16(17)18-9-5-6-13-10-14(20-3)7-8-15(13)21-4;/h7-8,10H,1,5-6,9,11H2,2-4H3,(H3,17,18,19);1H. The summed E-state index contributed by atoms with van der Waals surface area (Å²) in [5, 5.41) is 3.09. The zero-order chi connectivity index (χ0) is 15.7. The second-order valence-electron chi connectivity index (χ2n) is 4.87. The van der Waals surface area contributed by atoms with Gasteiger partial charge in [-0.1, -0.05) is 12.2 Å². The molecule has 6 heteroatoms. The molecule has 0 bridgehead atoms. The van der Waals surface area contributed by atoms with Crippen molar-refractivity contribution in [2.75, 3.05) is 27.3 Å². The fourth-order valence-electron chi connectivity index (χ4n) is 1.85. The van der Waals surface area contributed by atoms with Crippen LogP contribution >= 0.6 is 24.0 Å². The van der Waals surface area contributed by atoms with Gasteiger partial charge >= 0.3 is 0 Å². The molecule has 124 valence electrons. The molecule has 3 N–H and O–H groups in total. The molecule has 0 amide bonds. The first-order valence-corrected chi connectivity index (χ1v) is 6.96. The Morgan fingerprint density at radius 2 is 2.05 bits per heavy atom. The van der Waals surface area contributed by atoms with E-state index >= 15 is 0 Å². The molecule has 22 heavy (non-hydrogen) atoms. The highest BCUT2D eigenvalue weighted by molar-refractivity contribution is 14.0. The van der Waals surface area contributed by atoms with Crippen molar-refractivity contribution >= 4 is 29.9 Å². The highest BCUT2D eigenvalue weighted by Gasteiger charge is 2.04. The van der Waals surface area contributed by atoms with Crippen LogP contribution in [0.3, 0.4) is 0 Å². The molecule has 5 nitrogen and oxygen atoms in total. The number of rotatable bonds is 8. The Hall–Kier alpha value is -1.44. The Labute approximate surface area is 150 Å². The van der Waals surface area contributed by atoms with Gasteiger partial charge in [0.25, 0.3) is 0 Å². The summed E-state index contributed by atoms with van der Waals surface area (Å²) < 4.78 is 10.6. The van der Waals surface area contributed by atoms with E-state index in [1.165, 1.54) is 0 Å². The summed E-state index contributed by atoms with van der Waals surface area (Å²) in [5.74, 6) is 2.16. The van der Waals surface area contributed by atoms with Gasteiger partial charge in [0.15, 0.2) is 5.96 Å². The van der Waals surface area contributed by atoms with Gasteiger partial charge in [0.05, 0.1) is 20.8 Å². The molecule has 0 saturated heterocycles. The number of hydrogen-bond acceptors (Lipinski definition) is 3. The molecule has 1 aromatic rings. The monoisotopic (exact) mass is 419 g/mol. The third-order valence-electron chi connectivity index (χ3n) is 2.94. The van der Waals surface area contributed by atoms with E-state index < -0.39 is 0 Å². The molecule has 0 heterocycles. The highest BCUT2D eigenvalue weighted by Crippen LogP contribution is 2.24. The minimum absolute atomic E-state index is 0. The molecular weight excluding hydrogens is 393 g/mol. The lowest BCUT2D eigenvalue weighted by Crippen LogP contribution is -2.32. The summed E-state index contributed by atoms with van der Waals surface area (Å²) in [5.41, 5.74) is 7.86. The Kier molecular flexibility index (Phi) is 10.4. The van der Waals surface area contributed by atoms with Crippen LogP contribution in [0.2, 0.25) is 0 Å². The minimum Gasteiger partial charge on any atom is -0.497 e. The summed E-state index contributed by atoms with van der Waals surface area (Å²) in [6.07, 6.45) is 1.80. The third kappa shape index (κ3) is 7.53. The molecule has 0 aliphatic rings. The molecule has 1 rings (SSSR count). The van der Waals surface area contributed by atoms with Gasteiger partial charge in [-0.25, -0.2) is 4.99 Å². The van der Waals surface area contributed by atoms with Gasteiger partial charge in [-0.15, -0.1) is 24.0 Å². The molecule has 0 aromatic heterocycles. The topological polar surface area (TPSA) is 68.9 Å². The normalized spacial score (nSPS) is 10.6. The van der Waals surface area contributed by atoms with E-state index in [1.54, 1.807) is 14.2 Å². The van der Waals surface area contributed by atoms with Gasteiger partial charge < -0.3 is 20.5 Å². The number of guanidine groups is 1. The Balaban J connectivity index is 0.00000441. The fraction of sp³-hybridized carbons (Fsp3) is 0.438. The largest absolute Gasteiger partial charge is 0.497 e. The number of benzene rings is 1. The first-order valence-electron chi connectivity index (χ1n) is 6.96. The van der Waals surface area contributed by atoms with Gasteiger partial charge in [0, 0.05) is 6.54 Å². The van der Waals surface area contributed by atoms with Crippen LogP contribution in [-0.4, -0.2) is 33.3 Å². The number of methoxy groups -OCH3 is 2. The molecule has 0 aliphatic carbocycles. The van der Waals surface area contributed by atoms with Crippen molar-refractivity contribution in [3.63, 3.8) is 0 Å². The SMILES string of the molecule is C=C(C)CN=C(N)NCCCc1cc(OC)ccc1OC.I. The molecule has 0 saturated carbocycles. The lowest BCUT2D eigenvalue weighted by atomic mass is 10.1. The van der Waals surface area contributed by atoms with Crippen LogP contribution in [0, 0.1) is 0 Å². The first-order chi connectivity index (χ1) is 10.1. The van der Waals surface area contributed by atoms with Crippen LogP contribution < -0.4 is 20.5 Å². The number of nitrogens with zero attached hydrogens (tertiary/aromatic N) is 1. The lowest BCUT2D eigenvalue weighted by molar-refractivity contribution is 0.398. The zero-order valence-corrected chi connectivity index (χ0v) is 15.8. The van der Waals surface area contributed by atoms with E-state index in [1.807, 2.05) is 25.1 Å². The van der Waals surface area contributed by atoms with E-state index in [-0.39, 0.29) is 24.0 Å². The quantitative estimate of drug-likeness (QED) is 0.224. The Morgan fingerprint density at radius 3 is 2.64 bits per heavy atom. The maximum Gasteiger partial charge on any atom is 0.188 e. The molecule has 0 unspecified atom stereocenters. The summed E-state index contributed by atoms with van der Waals surface area (Å²) in [6.45, 7) is 7.02. The van der Waals surface area contributed by atoms with Crippen molar-refractivity contribution in [3.8, 4) is 11.5 Å². The van der Waals surface area contributed by atoms with Crippen LogP contribution in [0.4, 0.5) is 0 Å². The number of nitrogens with one attached hydrogen (secondary N) is 1. The van der Waals surface area contributed by atoms with Crippen LogP contribution in [-0.2, 0) is 6.42 Å². The van der Waals surface area contributed by atoms with Crippen LogP contribution in [0.1, 0.15) is 18.9 Å². The molecule has 0 aliphatic heterocycles. The van der Waals surface area contributed by atoms with E-state index in [9.17, 15) is 0 Å². The number of aliphatic imine (C=N–C) groups is 1. The maximum atomic E-state index is 5.76. The summed E-state index contributed by atoms with van der Waals surface area (Å²) in [7, 11) is 3.33. The summed E-state index contributed by atoms with van der Waals surface area (Å²) in [6, 6.07) is 5.81. The second-order valence-corrected chi connectivity index (χ2v) is 4.87. The predicted octanol–water partition coefficient (Wildman–Crippen LogP) is 2.73. The van der Waals surface area contributed by atoms with Gasteiger partial charge in [-0.05, 0) is 43.5 Å².